The zero-order valence-corrected chi connectivity index (χ0v) is 9.97. The van der Waals surface area contributed by atoms with E-state index in [9.17, 15) is 8.42 Å². The van der Waals surface area contributed by atoms with Gasteiger partial charge < -0.3 is 5.11 Å². The van der Waals surface area contributed by atoms with Crippen LogP contribution in [0.25, 0.3) is 0 Å². The van der Waals surface area contributed by atoms with Crippen molar-refractivity contribution in [2.75, 3.05) is 5.75 Å². The molecule has 0 bridgehead atoms. The monoisotopic (exact) mass is 279 g/mol. The number of nitrogens with zero attached hydrogens (tertiary/aromatic N) is 1. The quantitative estimate of drug-likeness (QED) is 0.843. The summed E-state index contributed by atoms with van der Waals surface area (Å²) in [7, 11) is -3.28. The molecule has 0 saturated heterocycles. The lowest BCUT2D eigenvalue weighted by Crippen LogP contribution is -2.06. The Morgan fingerprint density at radius 3 is 2.71 bits per heavy atom. The fourth-order valence-electron chi connectivity index (χ4n) is 0.928. The Bertz CT molecular complexity index is 430. The van der Waals surface area contributed by atoms with Crippen LogP contribution < -0.4 is 0 Å². The lowest BCUT2D eigenvalue weighted by atomic mass is 10.3. The van der Waals surface area contributed by atoms with Gasteiger partial charge in [-0.2, -0.15) is 0 Å². The molecule has 1 aromatic heterocycles. The summed E-state index contributed by atoms with van der Waals surface area (Å²) in [6, 6.07) is 1.43. The van der Waals surface area contributed by atoms with Crippen LogP contribution in [0.1, 0.15) is 12.5 Å². The summed E-state index contributed by atoms with van der Waals surface area (Å²) in [6.45, 7) is 1.35. The van der Waals surface area contributed by atoms with E-state index < -0.39 is 9.84 Å². The first-order chi connectivity index (χ1) is 6.51. The maximum Gasteiger partial charge on any atom is 0.180 e. The Morgan fingerprint density at radius 2 is 2.21 bits per heavy atom. The van der Waals surface area contributed by atoms with E-state index in [0.717, 1.165) is 0 Å². The SMILES string of the molecule is CCS(=O)(=O)c1cc(CO)cnc1Br. The summed E-state index contributed by atoms with van der Waals surface area (Å²) in [6.07, 6.45) is 1.43. The predicted molar refractivity (Wildman–Crippen MR) is 55.6 cm³/mol. The third kappa shape index (κ3) is 2.31. The van der Waals surface area contributed by atoms with E-state index in [1.54, 1.807) is 6.92 Å². The molecule has 1 aromatic rings. The van der Waals surface area contributed by atoms with Gasteiger partial charge in [-0.3, -0.25) is 0 Å². The number of aliphatic hydroxyl groups is 1. The largest absolute Gasteiger partial charge is 0.392 e. The Balaban J connectivity index is 3.33. The second-order valence-electron chi connectivity index (χ2n) is 2.69. The standard InChI is InChI=1S/C8H10BrNO3S/c1-2-14(12,13)7-3-6(5-11)4-10-8(7)9/h3-4,11H,2,5H2,1H3. The molecule has 1 heterocycles. The Kier molecular flexibility index (Phi) is 3.63. The third-order valence-corrected chi connectivity index (χ3v) is 4.40. The minimum atomic E-state index is -3.28. The highest BCUT2D eigenvalue weighted by molar-refractivity contribution is 9.10. The van der Waals surface area contributed by atoms with Crippen LogP contribution in [0.4, 0.5) is 0 Å². The fourth-order valence-corrected chi connectivity index (χ4v) is 2.84. The van der Waals surface area contributed by atoms with Crippen molar-refractivity contribution in [1.82, 2.24) is 4.98 Å². The lowest BCUT2D eigenvalue weighted by Gasteiger charge is -2.04. The average molecular weight is 280 g/mol. The second kappa shape index (κ2) is 4.37. The number of pyridine rings is 1. The number of hydrogen-bond donors (Lipinski definition) is 1. The second-order valence-corrected chi connectivity index (χ2v) is 5.69. The lowest BCUT2D eigenvalue weighted by molar-refractivity contribution is 0.281. The van der Waals surface area contributed by atoms with E-state index >= 15 is 0 Å². The molecular formula is C8H10BrNO3S. The van der Waals surface area contributed by atoms with Crippen molar-refractivity contribution in [2.45, 2.75) is 18.4 Å². The predicted octanol–water partition coefficient (Wildman–Crippen LogP) is 1.13. The van der Waals surface area contributed by atoms with Crippen LogP contribution in [0, 0.1) is 0 Å². The van der Waals surface area contributed by atoms with E-state index in [0.29, 0.717) is 5.56 Å². The molecule has 14 heavy (non-hydrogen) atoms. The van der Waals surface area contributed by atoms with Gasteiger partial charge in [-0.05, 0) is 27.6 Å². The summed E-state index contributed by atoms with van der Waals surface area (Å²) < 4.78 is 23.4. The van der Waals surface area contributed by atoms with E-state index in [2.05, 4.69) is 20.9 Å². The smallest absolute Gasteiger partial charge is 0.180 e. The average Bonchev–Trinajstić information content (AvgIpc) is 2.18. The van der Waals surface area contributed by atoms with Crippen molar-refractivity contribution in [3.05, 3.63) is 22.4 Å². The molecule has 0 amide bonds. The molecule has 0 aliphatic carbocycles. The van der Waals surface area contributed by atoms with Crippen molar-refractivity contribution in [1.29, 1.82) is 0 Å². The molecule has 1 N–H and O–H groups in total. The molecule has 0 aliphatic rings. The van der Waals surface area contributed by atoms with Gasteiger partial charge in [0.2, 0.25) is 0 Å². The molecule has 0 aromatic carbocycles. The van der Waals surface area contributed by atoms with E-state index in [1.807, 2.05) is 0 Å². The highest BCUT2D eigenvalue weighted by Crippen LogP contribution is 2.21. The molecule has 0 unspecified atom stereocenters. The van der Waals surface area contributed by atoms with Crippen LogP contribution in [0.3, 0.4) is 0 Å². The van der Waals surface area contributed by atoms with Crippen LogP contribution in [0.2, 0.25) is 0 Å². The normalized spacial score (nSPS) is 11.6. The molecule has 0 fully saturated rings. The first-order valence-electron chi connectivity index (χ1n) is 3.99. The van der Waals surface area contributed by atoms with Gasteiger partial charge >= 0.3 is 0 Å². The zero-order chi connectivity index (χ0) is 10.8. The number of halogens is 1. The summed E-state index contributed by atoms with van der Waals surface area (Å²) in [5.74, 6) is 0.0160. The minimum Gasteiger partial charge on any atom is -0.392 e. The third-order valence-electron chi connectivity index (χ3n) is 1.76. The zero-order valence-electron chi connectivity index (χ0n) is 7.57. The topological polar surface area (TPSA) is 67.3 Å². The summed E-state index contributed by atoms with van der Waals surface area (Å²) in [4.78, 5) is 3.97. The van der Waals surface area contributed by atoms with Gasteiger partial charge in [-0.15, -0.1) is 0 Å². The van der Waals surface area contributed by atoms with Crippen LogP contribution in [0.15, 0.2) is 21.8 Å². The molecule has 4 nitrogen and oxygen atoms in total. The summed E-state index contributed by atoms with van der Waals surface area (Å²) in [5, 5.41) is 8.84. The van der Waals surface area contributed by atoms with Gasteiger partial charge in [-0.25, -0.2) is 13.4 Å². The van der Waals surface area contributed by atoms with Crippen molar-refractivity contribution in [3.63, 3.8) is 0 Å². The Morgan fingerprint density at radius 1 is 1.57 bits per heavy atom. The molecule has 0 aliphatic heterocycles. The summed E-state index contributed by atoms with van der Waals surface area (Å²) in [5.41, 5.74) is 0.486. The number of hydrogen-bond acceptors (Lipinski definition) is 4. The van der Waals surface area contributed by atoms with Crippen LogP contribution in [-0.2, 0) is 16.4 Å². The molecule has 0 radical (unpaired) electrons. The number of aromatic nitrogens is 1. The van der Waals surface area contributed by atoms with Crippen LogP contribution in [-0.4, -0.2) is 24.3 Å². The fraction of sp³-hybridized carbons (Fsp3) is 0.375. The molecule has 6 heteroatoms. The van der Waals surface area contributed by atoms with Crippen molar-refractivity contribution in [3.8, 4) is 0 Å². The molecule has 1 rings (SSSR count). The van der Waals surface area contributed by atoms with Crippen LogP contribution >= 0.6 is 15.9 Å². The van der Waals surface area contributed by atoms with Crippen molar-refractivity contribution >= 4 is 25.8 Å². The number of rotatable bonds is 3. The molecule has 0 saturated carbocycles. The highest BCUT2D eigenvalue weighted by Gasteiger charge is 2.16. The number of aliphatic hydroxyl groups excluding tert-OH is 1. The van der Waals surface area contributed by atoms with Gasteiger partial charge in [0.25, 0.3) is 0 Å². The maximum absolute atomic E-state index is 11.5. The van der Waals surface area contributed by atoms with E-state index in [1.165, 1.54) is 12.3 Å². The summed E-state index contributed by atoms with van der Waals surface area (Å²) >= 11 is 3.06. The van der Waals surface area contributed by atoms with Crippen molar-refractivity contribution < 1.29 is 13.5 Å². The van der Waals surface area contributed by atoms with Crippen molar-refractivity contribution in [2.24, 2.45) is 0 Å². The van der Waals surface area contributed by atoms with Gasteiger partial charge in [0.1, 0.15) is 4.60 Å². The number of sulfone groups is 1. The molecule has 0 atom stereocenters. The van der Waals surface area contributed by atoms with Crippen LogP contribution in [0.5, 0.6) is 0 Å². The van der Waals surface area contributed by atoms with Gasteiger partial charge in [0.15, 0.2) is 9.84 Å². The maximum atomic E-state index is 11.5. The van der Waals surface area contributed by atoms with Gasteiger partial charge in [-0.1, -0.05) is 6.92 Å². The molecule has 78 valence electrons. The Hall–Kier alpha value is -0.460. The molecule has 0 spiro atoms. The first kappa shape index (κ1) is 11.6. The first-order valence-corrected chi connectivity index (χ1v) is 6.44. The van der Waals surface area contributed by atoms with E-state index in [4.69, 9.17) is 5.11 Å². The molecular weight excluding hydrogens is 270 g/mol. The minimum absolute atomic E-state index is 0.0160. The van der Waals surface area contributed by atoms with Gasteiger partial charge in [0.05, 0.1) is 17.3 Å². The Labute approximate surface area is 91.0 Å². The van der Waals surface area contributed by atoms with Gasteiger partial charge in [0, 0.05) is 6.20 Å². The van der Waals surface area contributed by atoms with E-state index in [-0.39, 0.29) is 21.9 Å². The highest BCUT2D eigenvalue weighted by atomic mass is 79.9.